The molecule has 0 amide bonds. The first kappa shape index (κ1) is 14.0. The highest BCUT2D eigenvalue weighted by molar-refractivity contribution is 5.47. The van der Waals surface area contributed by atoms with Crippen LogP contribution in [-0.2, 0) is 0 Å². The lowest BCUT2D eigenvalue weighted by Crippen LogP contribution is -2.23. The minimum Gasteiger partial charge on any atom is -0.388 e. The summed E-state index contributed by atoms with van der Waals surface area (Å²) in [5, 5.41) is 9.74. The van der Waals surface area contributed by atoms with Crippen LogP contribution in [-0.4, -0.2) is 18.2 Å². The van der Waals surface area contributed by atoms with Gasteiger partial charge in [-0.1, -0.05) is 32.4 Å². The first-order valence-corrected chi connectivity index (χ1v) is 6.75. The molecular formula is C15H25NO. The molecule has 1 aromatic rings. The van der Waals surface area contributed by atoms with E-state index in [1.165, 1.54) is 18.5 Å². The summed E-state index contributed by atoms with van der Waals surface area (Å²) in [7, 11) is 0. The van der Waals surface area contributed by atoms with Crippen LogP contribution in [0.1, 0.15) is 51.7 Å². The number of aliphatic hydroxyl groups is 1. The molecule has 0 aliphatic carbocycles. The number of rotatable bonds is 7. The quantitative estimate of drug-likeness (QED) is 0.778. The van der Waals surface area contributed by atoms with Crippen LogP contribution < -0.4 is 4.90 Å². The summed E-state index contributed by atoms with van der Waals surface area (Å²) in [6.07, 6.45) is 2.90. The molecule has 0 fully saturated rings. The number of aliphatic hydroxyl groups excluding tert-OH is 1. The van der Waals surface area contributed by atoms with Gasteiger partial charge in [0.15, 0.2) is 0 Å². The summed E-state index contributed by atoms with van der Waals surface area (Å²) in [5.74, 6) is 0. The Bertz CT molecular complexity index is 307. The Labute approximate surface area is 105 Å². The van der Waals surface area contributed by atoms with E-state index >= 15 is 0 Å². The molecule has 0 saturated heterocycles. The maximum Gasteiger partial charge on any atom is 0.0787 e. The highest BCUT2D eigenvalue weighted by Crippen LogP contribution is 2.21. The zero-order valence-corrected chi connectivity index (χ0v) is 11.3. The summed E-state index contributed by atoms with van der Waals surface area (Å²) in [6.45, 7) is 8.55. The van der Waals surface area contributed by atoms with Gasteiger partial charge in [-0.25, -0.2) is 0 Å². The number of benzene rings is 1. The molecule has 1 N–H and O–H groups in total. The summed E-state index contributed by atoms with van der Waals surface area (Å²) < 4.78 is 0. The first-order valence-electron chi connectivity index (χ1n) is 6.75. The van der Waals surface area contributed by atoms with Crippen molar-refractivity contribution in [2.45, 2.75) is 46.1 Å². The minimum absolute atomic E-state index is 0.324. The van der Waals surface area contributed by atoms with Gasteiger partial charge in [-0.15, -0.1) is 0 Å². The second-order valence-corrected chi connectivity index (χ2v) is 4.45. The SMILES string of the molecule is CCCCN(CC)c1ccc([C@@H](O)CC)cc1. The maximum absolute atomic E-state index is 9.74. The van der Waals surface area contributed by atoms with Gasteiger partial charge in [0.2, 0.25) is 0 Å². The van der Waals surface area contributed by atoms with Crippen LogP contribution in [0, 0.1) is 0 Å². The smallest absolute Gasteiger partial charge is 0.0787 e. The normalized spacial score (nSPS) is 12.5. The minimum atomic E-state index is -0.324. The van der Waals surface area contributed by atoms with Gasteiger partial charge in [0.25, 0.3) is 0 Å². The molecule has 2 heteroatoms. The first-order chi connectivity index (χ1) is 8.22. The van der Waals surface area contributed by atoms with E-state index in [0.29, 0.717) is 0 Å². The van der Waals surface area contributed by atoms with Crippen LogP contribution in [0.3, 0.4) is 0 Å². The van der Waals surface area contributed by atoms with Crippen molar-refractivity contribution < 1.29 is 5.11 Å². The van der Waals surface area contributed by atoms with Crippen LogP contribution in [0.25, 0.3) is 0 Å². The van der Waals surface area contributed by atoms with Crippen molar-refractivity contribution in [2.75, 3.05) is 18.0 Å². The van der Waals surface area contributed by atoms with Gasteiger partial charge in [-0.3, -0.25) is 0 Å². The Hall–Kier alpha value is -1.02. The zero-order chi connectivity index (χ0) is 12.7. The van der Waals surface area contributed by atoms with Gasteiger partial charge >= 0.3 is 0 Å². The van der Waals surface area contributed by atoms with Crippen LogP contribution in [0.15, 0.2) is 24.3 Å². The molecule has 0 heterocycles. The molecule has 17 heavy (non-hydrogen) atoms. The molecule has 96 valence electrons. The molecule has 0 spiro atoms. The van der Waals surface area contributed by atoms with E-state index < -0.39 is 0 Å². The Morgan fingerprint density at radius 3 is 2.24 bits per heavy atom. The number of anilines is 1. The second-order valence-electron chi connectivity index (χ2n) is 4.45. The van der Waals surface area contributed by atoms with Gasteiger partial charge in [0.1, 0.15) is 0 Å². The number of nitrogens with zero attached hydrogens (tertiary/aromatic N) is 1. The molecule has 0 aliphatic rings. The van der Waals surface area contributed by atoms with E-state index in [1.807, 2.05) is 19.1 Å². The Morgan fingerprint density at radius 2 is 1.76 bits per heavy atom. The fourth-order valence-electron chi connectivity index (χ4n) is 1.96. The third kappa shape index (κ3) is 4.04. The molecule has 1 aromatic carbocycles. The molecule has 0 unspecified atom stereocenters. The molecular weight excluding hydrogens is 210 g/mol. The van der Waals surface area contributed by atoms with Crippen molar-refractivity contribution in [1.29, 1.82) is 0 Å². The molecule has 1 atom stereocenters. The van der Waals surface area contributed by atoms with Crippen molar-refractivity contribution in [3.05, 3.63) is 29.8 Å². The molecule has 0 saturated carbocycles. The zero-order valence-electron chi connectivity index (χ0n) is 11.3. The average Bonchev–Trinajstić information content (AvgIpc) is 2.39. The van der Waals surface area contributed by atoms with Crippen LogP contribution in [0.4, 0.5) is 5.69 Å². The van der Waals surface area contributed by atoms with Crippen LogP contribution in [0.2, 0.25) is 0 Å². The molecule has 0 aromatic heterocycles. The van der Waals surface area contributed by atoms with Crippen molar-refractivity contribution in [2.24, 2.45) is 0 Å². The van der Waals surface area contributed by atoms with Crippen molar-refractivity contribution >= 4 is 5.69 Å². The van der Waals surface area contributed by atoms with Crippen molar-refractivity contribution in [3.63, 3.8) is 0 Å². The van der Waals surface area contributed by atoms with Crippen molar-refractivity contribution in [1.82, 2.24) is 0 Å². The highest BCUT2D eigenvalue weighted by Gasteiger charge is 2.06. The second kappa shape index (κ2) is 7.33. The lowest BCUT2D eigenvalue weighted by molar-refractivity contribution is 0.173. The van der Waals surface area contributed by atoms with Gasteiger partial charge in [-0.05, 0) is 37.5 Å². The lowest BCUT2D eigenvalue weighted by atomic mass is 10.1. The van der Waals surface area contributed by atoms with E-state index in [1.54, 1.807) is 0 Å². The van der Waals surface area contributed by atoms with E-state index in [4.69, 9.17) is 0 Å². The molecule has 0 aliphatic heterocycles. The third-order valence-electron chi connectivity index (χ3n) is 3.19. The third-order valence-corrected chi connectivity index (χ3v) is 3.19. The van der Waals surface area contributed by atoms with E-state index in [2.05, 4.69) is 30.9 Å². The van der Waals surface area contributed by atoms with Gasteiger partial charge in [0, 0.05) is 18.8 Å². The van der Waals surface area contributed by atoms with Crippen LogP contribution in [0.5, 0.6) is 0 Å². The van der Waals surface area contributed by atoms with E-state index in [9.17, 15) is 5.11 Å². The van der Waals surface area contributed by atoms with E-state index in [-0.39, 0.29) is 6.10 Å². The predicted molar refractivity (Wildman–Crippen MR) is 74.5 cm³/mol. The number of unbranched alkanes of at least 4 members (excludes halogenated alkanes) is 1. The molecule has 0 radical (unpaired) electrons. The average molecular weight is 235 g/mol. The maximum atomic E-state index is 9.74. The summed E-state index contributed by atoms with van der Waals surface area (Å²) in [4.78, 5) is 2.38. The number of hydrogen-bond donors (Lipinski definition) is 1. The summed E-state index contributed by atoms with van der Waals surface area (Å²) >= 11 is 0. The van der Waals surface area contributed by atoms with Crippen molar-refractivity contribution in [3.8, 4) is 0 Å². The van der Waals surface area contributed by atoms with Crippen LogP contribution >= 0.6 is 0 Å². The molecule has 0 bridgehead atoms. The fourth-order valence-corrected chi connectivity index (χ4v) is 1.96. The van der Waals surface area contributed by atoms with E-state index in [0.717, 1.165) is 25.1 Å². The molecule has 1 rings (SSSR count). The summed E-state index contributed by atoms with van der Waals surface area (Å²) in [5.41, 5.74) is 2.27. The lowest BCUT2D eigenvalue weighted by Gasteiger charge is -2.23. The Kier molecular flexibility index (Phi) is 6.06. The Balaban J connectivity index is 2.70. The van der Waals surface area contributed by atoms with Gasteiger partial charge < -0.3 is 10.0 Å². The predicted octanol–water partition coefficient (Wildman–Crippen LogP) is 3.76. The topological polar surface area (TPSA) is 23.5 Å². The Morgan fingerprint density at radius 1 is 1.12 bits per heavy atom. The van der Waals surface area contributed by atoms with Gasteiger partial charge in [0.05, 0.1) is 6.10 Å². The highest BCUT2D eigenvalue weighted by atomic mass is 16.3. The standard InChI is InChI=1S/C15H25NO/c1-4-7-12-16(6-3)14-10-8-13(9-11-14)15(17)5-2/h8-11,15,17H,4-7,12H2,1-3H3/t15-/m0/s1. The fraction of sp³-hybridized carbons (Fsp3) is 0.600. The molecule has 2 nitrogen and oxygen atoms in total. The summed E-state index contributed by atoms with van der Waals surface area (Å²) in [6, 6.07) is 8.32. The monoisotopic (exact) mass is 235 g/mol. The van der Waals surface area contributed by atoms with Gasteiger partial charge in [-0.2, -0.15) is 0 Å². The number of hydrogen-bond acceptors (Lipinski definition) is 2. The largest absolute Gasteiger partial charge is 0.388 e.